The molecule has 0 radical (unpaired) electrons. The van der Waals surface area contributed by atoms with Crippen LogP contribution in [0.15, 0.2) is 0 Å². The zero-order valence-electron chi connectivity index (χ0n) is 4.90. The highest BCUT2D eigenvalue weighted by Crippen LogP contribution is 2.17. The summed E-state index contributed by atoms with van der Waals surface area (Å²) in [6.07, 6.45) is -2.02. The molecule has 1 saturated heterocycles. The fraction of sp³-hybridized carbons (Fsp3) is 1.00. The molecule has 3 N–H and O–H groups in total. The van der Waals surface area contributed by atoms with Crippen molar-refractivity contribution in [2.24, 2.45) is 0 Å². The number of aliphatic hydroxyl groups is 3. The third-order valence-corrected chi connectivity index (χ3v) is 1.38. The molecule has 0 amide bonds. The Kier molecular flexibility index (Phi) is 2.02. The van der Waals surface area contributed by atoms with Crippen molar-refractivity contribution < 1.29 is 20.1 Å². The molecule has 0 aromatic heterocycles. The zero-order valence-corrected chi connectivity index (χ0v) is 4.90. The Morgan fingerprint density at radius 1 is 1.44 bits per heavy atom. The molecule has 0 aliphatic carbocycles. The summed E-state index contributed by atoms with van der Waals surface area (Å²) in [5.74, 6) is 0. The van der Waals surface area contributed by atoms with Crippen LogP contribution < -0.4 is 0 Å². The molecule has 1 aliphatic heterocycles. The molecule has 4 heteroatoms. The highest BCUT2D eigenvalue weighted by Gasteiger charge is 2.31. The van der Waals surface area contributed by atoms with Gasteiger partial charge >= 0.3 is 0 Å². The van der Waals surface area contributed by atoms with E-state index in [1.54, 1.807) is 0 Å². The van der Waals surface area contributed by atoms with Crippen LogP contribution in [0.4, 0.5) is 0 Å². The number of hydrogen-bond acceptors (Lipinski definition) is 4. The average Bonchev–Trinajstić information content (AvgIpc) is 2.10. The minimum Gasteiger partial charge on any atom is -0.394 e. The average molecular weight is 134 g/mol. The molecule has 4 nitrogen and oxygen atoms in total. The van der Waals surface area contributed by atoms with Crippen molar-refractivity contribution in [1.29, 1.82) is 0 Å². The summed E-state index contributed by atoms with van der Waals surface area (Å²) in [5.41, 5.74) is 0. The van der Waals surface area contributed by atoms with Gasteiger partial charge in [-0.15, -0.1) is 0 Å². The molecule has 0 spiro atoms. The molecule has 3 atom stereocenters. The molecule has 1 heterocycles. The molecule has 1 unspecified atom stereocenters. The first-order chi connectivity index (χ1) is 4.24. The van der Waals surface area contributed by atoms with Gasteiger partial charge in [-0.1, -0.05) is 0 Å². The lowest BCUT2D eigenvalue weighted by Crippen LogP contribution is -2.24. The number of aliphatic hydroxyl groups excluding tert-OH is 3. The zero-order chi connectivity index (χ0) is 6.85. The van der Waals surface area contributed by atoms with Crippen LogP contribution in [0.3, 0.4) is 0 Å². The maximum Gasteiger partial charge on any atom is 0.157 e. The molecule has 1 rings (SSSR count). The number of hydrogen-bond donors (Lipinski definition) is 3. The summed E-state index contributed by atoms with van der Waals surface area (Å²) in [7, 11) is 0. The van der Waals surface area contributed by atoms with E-state index in [9.17, 15) is 0 Å². The standard InChI is InChI=1S/C5H10O4/c6-2-4-3(7)1-5(8)9-4/h3-8H,1-2H2/t3-,4?,5-/m0/s1. The predicted molar refractivity (Wildman–Crippen MR) is 28.6 cm³/mol. The quantitative estimate of drug-likeness (QED) is 0.406. The van der Waals surface area contributed by atoms with Crippen LogP contribution in [-0.4, -0.2) is 40.4 Å². The summed E-state index contributed by atoms with van der Waals surface area (Å²) >= 11 is 0. The fourth-order valence-corrected chi connectivity index (χ4v) is 0.871. The van der Waals surface area contributed by atoms with E-state index in [1.165, 1.54) is 0 Å². The van der Waals surface area contributed by atoms with E-state index in [4.69, 9.17) is 15.3 Å². The molecule has 1 fully saturated rings. The summed E-state index contributed by atoms with van der Waals surface area (Å²) in [6, 6.07) is 0. The Hall–Kier alpha value is -0.160. The monoisotopic (exact) mass is 134 g/mol. The van der Waals surface area contributed by atoms with Gasteiger partial charge in [0.2, 0.25) is 0 Å². The van der Waals surface area contributed by atoms with Gasteiger partial charge in [-0.2, -0.15) is 0 Å². The van der Waals surface area contributed by atoms with Gasteiger partial charge in [-0.05, 0) is 0 Å². The van der Waals surface area contributed by atoms with Crippen molar-refractivity contribution in [2.45, 2.75) is 24.9 Å². The van der Waals surface area contributed by atoms with Crippen LogP contribution in [0, 0.1) is 0 Å². The Bertz CT molecular complexity index is 95.0. The van der Waals surface area contributed by atoms with Crippen molar-refractivity contribution in [3.8, 4) is 0 Å². The van der Waals surface area contributed by atoms with Crippen molar-refractivity contribution in [1.82, 2.24) is 0 Å². The smallest absolute Gasteiger partial charge is 0.157 e. The second-order valence-corrected chi connectivity index (χ2v) is 2.11. The Labute approximate surface area is 52.7 Å². The summed E-state index contributed by atoms with van der Waals surface area (Å²) in [4.78, 5) is 0. The first kappa shape index (κ1) is 6.95. The minimum atomic E-state index is -0.905. The number of ether oxygens (including phenoxy) is 1. The highest BCUT2D eigenvalue weighted by molar-refractivity contribution is 4.75. The van der Waals surface area contributed by atoms with Crippen molar-refractivity contribution in [3.05, 3.63) is 0 Å². The van der Waals surface area contributed by atoms with Gasteiger partial charge in [0.25, 0.3) is 0 Å². The van der Waals surface area contributed by atoms with Crippen molar-refractivity contribution >= 4 is 0 Å². The van der Waals surface area contributed by atoms with Crippen LogP contribution in [0.5, 0.6) is 0 Å². The lowest BCUT2D eigenvalue weighted by Gasteiger charge is -2.08. The first-order valence-corrected chi connectivity index (χ1v) is 2.86. The largest absolute Gasteiger partial charge is 0.394 e. The Balaban J connectivity index is 2.38. The predicted octanol–water partition coefficient (Wildman–Crippen LogP) is -1.55. The third-order valence-electron chi connectivity index (χ3n) is 1.38. The maximum absolute atomic E-state index is 8.91. The van der Waals surface area contributed by atoms with Crippen LogP contribution in [-0.2, 0) is 4.74 Å². The molecule has 0 bridgehead atoms. The van der Waals surface area contributed by atoms with Gasteiger partial charge in [-0.3, -0.25) is 0 Å². The second kappa shape index (κ2) is 2.62. The molecule has 54 valence electrons. The highest BCUT2D eigenvalue weighted by atomic mass is 16.6. The van der Waals surface area contributed by atoms with Crippen LogP contribution in [0.25, 0.3) is 0 Å². The van der Waals surface area contributed by atoms with Gasteiger partial charge in [0, 0.05) is 6.42 Å². The normalized spacial score (nSPS) is 43.7. The topological polar surface area (TPSA) is 69.9 Å². The molecule has 1 aliphatic rings. The molecule has 0 aromatic rings. The Morgan fingerprint density at radius 2 is 2.11 bits per heavy atom. The van der Waals surface area contributed by atoms with Gasteiger partial charge < -0.3 is 20.1 Å². The SMILES string of the molecule is OCC1O[C@H](O)C[C@@H]1O. The van der Waals surface area contributed by atoms with E-state index in [2.05, 4.69) is 4.74 Å². The van der Waals surface area contributed by atoms with Crippen LogP contribution in [0.1, 0.15) is 6.42 Å². The van der Waals surface area contributed by atoms with Crippen molar-refractivity contribution in [2.75, 3.05) is 6.61 Å². The summed E-state index contributed by atoms with van der Waals surface area (Å²) in [5, 5.41) is 26.1. The molecular formula is C5H10O4. The van der Waals surface area contributed by atoms with Gasteiger partial charge in [0.1, 0.15) is 6.10 Å². The molecule has 0 saturated carbocycles. The lowest BCUT2D eigenvalue weighted by molar-refractivity contribution is -0.107. The maximum atomic E-state index is 8.91. The fourth-order valence-electron chi connectivity index (χ4n) is 0.871. The van der Waals surface area contributed by atoms with E-state index in [1.807, 2.05) is 0 Å². The van der Waals surface area contributed by atoms with Crippen LogP contribution >= 0.6 is 0 Å². The Morgan fingerprint density at radius 3 is 2.33 bits per heavy atom. The van der Waals surface area contributed by atoms with Gasteiger partial charge in [-0.25, -0.2) is 0 Å². The van der Waals surface area contributed by atoms with Gasteiger partial charge in [0.05, 0.1) is 12.7 Å². The van der Waals surface area contributed by atoms with Crippen molar-refractivity contribution in [3.63, 3.8) is 0 Å². The van der Waals surface area contributed by atoms with Gasteiger partial charge in [0.15, 0.2) is 6.29 Å². The van der Waals surface area contributed by atoms with E-state index < -0.39 is 18.5 Å². The van der Waals surface area contributed by atoms with Crippen LogP contribution in [0.2, 0.25) is 0 Å². The molecular weight excluding hydrogens is 124 g/mol. The first-order valence-electron chi connectivity index (χ1n) is 2.86. The minimum absolute atomic E-state index is 0.200. The lowest BCUT2D eigenvalue weighted by atomic mass is 10.2. The summed E-state index contributed by atoms with van der Waals surface area (Å²) < 4.78 is 4.68. The van der Waals surface area contributed by atoms with E-state index in [-0.39, 0.29) is 13.0 Å². The van der Waals surface area contributed by atoms with E-state index in [0.29, 0.717) is 0 Å². The molecule has 9 heavy (non-hydrogen) atoms. The molecule has 0 aromatic carbocycles. The number of rotatable bonds is 1. The third kappa shape index (κ3) is 1.40. The van der Waals surface area contributed by atoms with E-state index in [0.717, 1.165) is 0 Å². The summed E-state index contributed by atoms with van der Waals surface area (Å²) in [6.45, 7) is -0.238. The van der Waals surface area contributed by atoms with E-state index >= 15 is 0 Å². The second-order valence-electron chi connectivity index (χ2n) is 2.11.